The van der Waals surface area contributed by atoms with Crippen LogP contribution in [-0.2, 0) is 20.4 Å². The molecule has 3 aliphatic heterocycles. The maximum absolute atomic E-state index is 12.8. The smallest absolute Gasteiger partial charge is 0.265 e. The Hall–Kier alpha value is -3.29. The van der Waals surface area contributed by atoms with Gasteiger partial charge in [0.05, 0.1) is 11.4 Å². The summed E-state index contributed by atoms with van der Waals surface area (Å²) < 4.78 is 0. The summed E-state index contributed by atoms with van der Waals surface area (Å²) in [5.74, 6) is -0.848. The molecule has 3 aromatic rings. The number of nitrogens with one attached hydrogen (secondary N) is 1. The summed E-state index contributed by atoms with van der Waals surface area (Å²) in [6, 6.07) is 17.3. The number of likely N-dealkylation sites (N-methyl/N-ethyl adjacent to an activating group) is 1. The number of thiophene rings is 1. The van der Waals surface area contributed by atoms with Crippen LogP contribution in [0.5, 0.6) is 0 Å². The molecule has 0 bridgehead atoms. The van der Waals surface area contributed by atoms with Crippen LogP contribution in [0.1, 0.15) is 54.8 Å². The third kappa shape index (κ3) is 2.88. The molecule has 6 rings (SSSR count). The predicted octanol–water partition coefficient (Wildman–Crippen LogP) is 5.75. The molecule has 1 N–H and O–H groups in total. The van der Waals surface area contributed by atoms with E-state index in [4.69, 9.17) is 12.2 Å². The third-order valence-electron chi connectivity index (χ3n) is 7.62. The van der Waals surface area contributed by atoms with E-state index in [2.05, 4.69) is 86.4 Å². The Kier molecular flexibility index (Phi) is 4.51. The van der Waals surface area contributed by atoms with Crippen molar-refractivity contribution in [3.05, 3.63) is 81.2 Å². The first-order chi connectivity index (χ1) is 16.5. The lowest BCUT2D eigenvalue weighted by Gasteiger charge is -2.48. The minimum atomic E-state index is -0.459. The van der Waals surface area contributed by atoms with Gasteiger partial charge in [-0.3, -0.25) is 19.8 Å². The van der Waals surface area contributed by atoms with E-state index in [1.54, 1.807) is 24.5 Å². The first kappa shape index (κ1) is 22.2. The summed E-state index contributed by atoms with van der Waals surface area (Å²) in [6.45, 7) is 9.08. The minimum Gasteiger partial charge on any atom is -0.301 e. The lowest BCUT2D eigenvalue weighted by atomic mass is 9.67. The van der Waals surface area contributed by atoms with Gasteiger partial charge in [-0.05, 0) is 52.7 Å². The first-order valence-electron chi connectivity index (χ1n) is 11.6. The van der Waals surface area contributed by atoms with E-state index in [1.807, 2.05) is 0 Å². The highest BCUT2D eigenvalue weighted by Crippen LogP contribution is 2.61. The van der Waals surface area contributed by atoms with Crippen LogP contribution in [0.15, 0.2) is 54.1 Å². The van der Waals surface area contributed by atoms with Gasteiger partial charge < -0.3 is 4.90 Å². The van der Waals surface area contributed by atoms with Gasteiger partial charge in [-0.25, -0.2) is 0 Å². The molecule has 3 aliphatic rings. The van der Waals surface area contributed by atoms with Crippen molar-refractivity contribution in [1.82, 2.24) is 10.2 Å². The standard InChI is InChI=1S/C28H25N3O2S2/c1-27(2)17-9-6-7-12-21(17)31-22-18(27)10-8-11-19(22)28(3,4)20-14-15(35-25(20)31)13-16-23(32)29-26(34)30(5)24(16)33/h6-14H,1-5H3,(H,29,32,34)/b16-13+. The molecule has 0 unspecified atom stereocenters. The number of hydrogen-bond acceptors (Lipinski definition) is 5. The second-order valence-electron chi connectivity index (χ2n) is 10.4. The zero-order valence-corrected chi connectivity index (χ0v) is 21.9. The highest BCUT2D eigenvalue weighted by atomic mass is 32.1. The predicted molar refractivity (Wildman–Crippen MR) is 145 cm³/mol. The van der Waals surface area contributed by atoms with Crippen LogP contribution in [0.25, 0.3) is 6.08 Å². The van der Waals surface area contributed by atoms with Crippen molar-refractivity contribution in [2.24, 2.45) is 0 Å². The van der Waals surface area contributed by atoms with E-state index in [1.165, 1.54) is 38.5 Å². The summed E-state index contributed by atoms with van der Waals surface area (Å²) in [6.07, 6.45) is 1.69. The van der Waals surface area contributed by atoms with Crippen molar-refractivity contribution in [3.8, 4) is 0 Å². The molecule has 7 heteroatoms. The van der Waals surface area contributed by atoms with Crippen LogP contribution >= 0.6 is 23.6 Å². The molecule has 5 nitrogen and oxygen atoms in total. The second-order valence-corrected chi connectivity index (χ2v) is 11.8. The summed E-state index contributed by atoms with van der Waals surface area (Å²) in [4.78, 5) is 30.0. The van der Waals surface area contributed by atoms with Gasteiger partial charge in [-0.15, -0.1) is 11.3 Å². The Morgan fingerprint density at radius 2 is 1.54 bits per heavy atom. The van der Waals surface area contributed by atoms with Gasteiger partial charge in [-0.1, -0.05) is 64.1 Å². The molecular formula is C28H25N3O2S2. The Morgan fingerprint density at radius 1 is 0.914 bits per heavy atom. The lowest BCUT2D eigenvalue weighted by molar-refractivity contribution is -0.128. The Labute approximate surface area is 214 Å². The number of hydrogen-bond donors (Lipinski definition) is 1. The SMILES string of the molecule is CN1C(=O)/C(=C/c2cc3c(s2)N2c4ccccc4C(C)(C)c4cccc(c42)C3(C)C)C(=O)NC1=S. The number of para-hydroxylation sites is 2. The highest BCUT2D eigenvalue weighted by Gasteiger charge is 2.46. The van der Waals surface area contributed by atoms with Gasteiger partial charge in [-0.2, -0.15) is 0 Å². The molecular weight excluding hydrogens is 474 g/mol. The molecule has 4 heterocycles. The fourth-order valence-electron chi connectivity index (χ4n) is 5.58. The molecule has 0 radical (unpaired) electrons. The quantitative estimate of drug-likeness (QED) is 0.263. The Morgan fingerprint density at radius 3 is 2.26 bits per heavy atom. The average Bonchev–Trinajstić information content (AvgIpc) is 3.25. The van der Waals surface area contributed by atoms with Crippen molar-refractivity contribution in [1.29, 1.82) is 0 Å². The van der Waals surface area contributed by atoms with Crippen molar-refractivity contribution in [2.45, 2.75) is 38.5 Å². The average molecular weight is 500 g/mol. The van der Waals surface area contributed by atoms with Crippen molar-refractivity contribution >= 4 is 62.9 Å². The maximum atomic E-state index is 12.8. The number of nitrogens with zero attached hydrogens (tertiary/aromatic N) is 2. The largest absolute Gasteiger partial charge is 0.301 e. The zero-order valence-electron chi connectivity index (χ0n) is 20.2. The number of rotatable bonds is 1. The molecule has 35 heavy (non-hydrogen) atoms. The summed E-state index contributed by atoms with van der Waals surface area (Å²) in [7, 11) is 1.57. The van der Waals surface area contributed by atoms with Gasteiger partial charge in [0, 0.05) is 22.8 Å². The number of fused-ring (bicyclic) bond motifs is 4. The van der Waals surface area contributed by atoms with E-state index in [0.29, 0.717) is 0 Å². The van der Waals surface area contributed by atoms with Crippen LogP contribution in [0, 0.1) is 0 Å². The number of carbonyl (C=O) groups excluding carboxylic acids is 2. The van der Waals surface area contributed by atoms with Gasteiger partial charge in [0.15, 0.2) is 5.11 Å². The fourth-order valence-corrected chi connectivity index (χ4v) is 7.04. The van der Waals surface area contributed by atoms with Gasteiger partial charge >= 0.3 is 0 Å². The minimum absolute atomic E-state index is 0.0934. The molecule has 0 saturated carbocycles. The number of benzene rings is 2. The summed E-state index contributed by atoms with van der Waals surface area (Å²) in [5, 5.41) is 3.85. The molecule has 0 aliphatic carbocycles. The van der Waals surface area contributed by atoms with E-state index >= 15 is 0 Å². The van der Waals surface area contributed by atoms with Gasteiger partial charge in [0.2, 0.25) is 0 Å². The van der Waals surface area contributed by atoms with Gasteiger partial charge in [0.1, 0.15) is 10.6 Å². The van der Waals surface area contributed by atoms with Gasteiger partial charge in [0.25, 0.3) is 11.8 Å². The molecule has 1 saturated heterocycles. The third-order valence-corrected chi connectivity index (χ3v) is 9.07. The van der Waals surface area contributed by atoms with Crippen molar-refractivity contribution < 1.29 is 9.59 Å². The van der Waals surface area contributed by atoms with Crippen LogP contribution in [0.3, 0.4) is 0 Å². The number of amides is 2. The zero-order chi connectivity index (χ0) is 24.9. The van der Waals surface area contributed by atoms with Crippen LogP contribution in [0.4, 0.5) is 16.4 Å². The molecule has 0 spiro atoms. The van der Waals surface area contributed by atoms with E-state index < -0.39 is 5.91 Å². The molecule has 0 atom stereocenters. The molecule has 1 fully saturated rings. The second kappa shape index (κ2) is 7.12. The Bertz CT molecular complexity index is 1510. The monoisotopic (exact) mass is 499 g/mol. The topological polar surface area (TPSA) is 52.7 Å². The normalized spacial score (nSPS) is 20.4. The maximum Gasteiger partial charge on any atom is 0.265 e. The molecule has 2 amide bonds. The molecule has 176 valence electrons. The first-order valence-corrected chi connectivity index (χ1v) is 12.8. The summed E-state index contributed by atoms with van der Waals surface area (Å²) >= 11 is 6.69. The highest BCUT2D eigenvalue weighted by molar-refractivity contribution is 7.80. The van der Waals surface area contributed by atoms with E-state index in [9.17, 15) is 9.59 Å². The van der Waals surface area contributed by atoms with Crippen molar-refractivity contribution in [2.75, 3.05) is 11.9 Å². The van der Waals surface area contributed by atoms with Crippen molar-refractivity contribution in [3.63, 3.8) is 0 Å². The lowest BCUT2D eigenvalue weighted by Crippen LogP contribution is -2.52. The number of anilines is 3. The van der Waals surface area contributed by atoms with E-state index in [-0.39, 0.29) is 27.4 Å². The number of carbonyl (C=O) groups is 2. The molecule has 2 aromatic carbocycles. The van der Waals surface area contributed by atoms with Crippen LogP contribution in [-0.4, -0.2) is 28.9 Å². The molecule has 1 aromatic heterocycles. The van der Waals surface area contributed by atoms with Crippen LogP contribution < -0.4 is 10.2 Å². The van der Waals surface area contributed by atoms with Crippen LogP contribution in [0.2, 0.25) is 0 Å². The fraction of sp³-hybridized carbons (Fsp3) is 0.250. The van der Waals surface area contributed by atoms with E-state index in [0.717, 1.165) is 9.88 Å². The summed E-state index contributed by atoms with van der Waals surface area (Å²) in [5.41, 5.74) is 7.17. The Balaban J connectivity index is 1.59. The number of thiocarbonyl (C=S) groups is 1.